The lowest BCUT2D eigenvalue weighted by Gasteiger charge is -2.00. The zero-order valence-corrected chi connectivity index (χ0v) is 7.36. The van der Waals surface area contributed by atoms with Crippen molar-refractivity contribution in [1.29, 1.82) is 0 Å². The van der Waals surface area contributed by atoms with Gasteiger partial charge in [0.1, 0.15) is 5.15 Å². The Morgan fingerprint density at radius 3 is 2.83 bits per heavy atom. The minimum Gasteiger partial charge on any atom is -0.290 e. The monoisotopic (exact) mass is 205 g/mol. The van der Waals surface area contributed by atoms with Crippen molar-refractivity contribution >= 4 is 29.1 Å². The lowest BCUT2D eigenvalue weighted by molar-refractivity contribution is 0.0953. The van der Waals surface area contributed by atoms with Gasteiger partial charge in [-0.2, -0.15) is 0 Å². The molecule has 6 heteroatoms. The van der Waals surface area contributed by atoms with Gasteiger partial charge in [-0.25, -0.2) is 10.8 Å². The lowest BCUT2D eigenvalue weighted by Crippen LogP contribution is -2.30. The van der Waals surface area contributed by atoms with E-state index in [1.807, 2.05) is 5.43 Å². The molecule has 0 aromatic carbocycles. The molecule has 0 radical (unpaired) electrons. The van der Waals surface area contributed by atoms with Crippen LogP contribution >= 0.6 is 23.2 Å². The summed E-state index contributed by atoms with van der Waals surface area (Å²) in [7, 11) is 0. The first-order valence-corrected chi connectivity index (χ1v) is 3.72. The molecule has 12 heavy (non-hydrogen) atoms. The van der Waals surface area contributed by atoms with Crippen molar-refractivity contribution in [2.24, 2.45) is 5.84 Å². The molecule has 0 atom stereocenters. The lowest BCUT2D eigenvalue weighted by atomic mass is 10.3. The van der Waals surface area contributed by atoms with Crippen LogP contribution in [0.3, 0.4) is 0 Å². The maximum Gasteiger partial charge on any atom is 0.268 e. The number of nitrogens with one attached hydrogen (secondary N) is 1. The Morgan fingerprint density at radius 1 is 1.58 bits per heavy atom. The van der Waals surface area contributed by atoms with E-state index in [4.69, 9.17) is 29.0 Å². The third kappa shape index (κ3) is 1.85. The third-order valence-corrected chi connectivity index (χ3v) is 1.69. The molecule has 0 aliphatic carbocycles. The Bertz CT molecular complexity index is 316. The van der Waals surface area contributed by atoms with E-state index < -0.39 is 5.91 Å². The summed E-state index contributed by atoms with van der Waals surface area (Å²) in [6.07, 6.45) is 1.34. The van der Waals surface area contributed by atoms with Gasteiger partial charge in [-0.1, -0.05) is 23.2 Å². The number of rotatable bonds is 1. The Morgan fingerprint density at radius 2 is 2.25 bits per heavy atom. The highest BCUT2D eigenvalue weighted by atomic mass is 35.5. The molecule has 1 rings (SSSR count). The minimum atomic E-state index is -0.519. The van der Waals surface area contributed by atoms with Crippen LogP contribution in [0.4, 0.5) is 0 Å². The SMILES string of the molecule is NNC(=O)c1cc(Cl)cnc1Cl. The van der Waals surface area contributed by atoms with Crippen molar-refractivity contribution in [3.8, 4) is 0 Å². The summed E-state index contributed by atoms with van der Waals surface area (Å²) in [5.41, 5.74) is 2.09. The van der Waals surface area contributed by atoms with E-state index in [2.05, 4.69) is 4.98 Å². The van der Waals surface area contributed by atoms with Crippen LogP contribution in [0, 0.1) is 0 Å². The van der Waals surface area contributed by atoms with Gasteiger partial charge < -0.3 is 0 Å². The van der Waals surface area contributed by atoms with Crippen LogP contribution in [0.15, 0.2) is 12.3 Å². The molecular formula is C6H5Cl2N3O. The van der Waals surface area contributed by atoms with E-state index in [1.165, 1.54) is 12.3 Å². The number of carbonyl (C=O) groups excluding carboxylic acids is 1. The molecule has 0 bridgehead atoms. The summed E-state index contributed by atoms with van der Waals surface area (Å²) in [4.78, 5) is 14.6. The Labute approximate surface area is 78.6 Å². The fourth-order valence-corrected chi connectivity index (χ4v) is 1.01. The topological polar surface area (TPSA) is 68.0 Å². The highest BCUT2D eigenvalue weighted by molar-refractivity contribution is 6.34. The van der Waals surface area contributed by atoms with Crippen LogP contribution in [-0.4, -0.2) is 10.9 Å². The fourth-order valence-electron chi connectivity index (χ4n) is 0.660. The Kier molecular flexibility index (Phi) is 2.86. The van der Waals surface area contributed by atoms with Gasteiger partial charge in [0.15, 0.2) is 0 Å². The van der Waals surface area contributed by atoms with Gasteiger partial charge in [0.2, 0.25) is 0 Å². The molecule has 1 aromatic heterocycles. The van der Waals surface area contributed by atoms with Gasteiger partial charge in [-0.05, 0) is 6.07 Å². The minimum absolute atomic E-state index is 0.0716. The average Bonchev–Trinajstić information content (AvgIpc) is 2.08. The maximum absolute atomic E-state index is 11.0. The molecule has 0 saturated carbocycles. The molecule has 1 amide bonds. The smallest absolute Gasteiger partial charge is 0.268 e. The van der Waals surface area contributed by atoms with Crippen molar-refractivity contribution in [3.05, 3.63) is 28.0 Å². The summed E-state index contributed by atoms with van der Waals surface area (Å²) in [5.74, 6) is 4.38. The molecular weight excluding hydrogens is 201 g/mol. The molecule has 0 aliphatic rings. The molecule has 1 heterocycles. The zero-order chi connectivity index (χ0) is 9.14. The molecule has 1 aromatic rings. The van der Waals surface area contributed by atoms with Gasteiger partial charge in [0.05, 0.1) is 10.6 Å². The fraction of sp³-hybridized carbons (Fsp3) is 0. The van der Waals surface area contributed by atoms with Gasteiger partial charge in [0, 0.05) is 6.20 Å². The van der Waals surface area contributed by atoms with Crippen molar-refractivity contribution in [1.82, 2.24) is 10.4 Å². The van der Waals surface area contributed by atoms with Crippen molar-refractivity contribution < 1.29 is 4.79 Å². The van der Waals surface area contributed by atoms with E-state index in [0.29, 0.717) is 5.02 Å². The Balaban J connectivity index is 3.13. The number of halogens is 2. The van der Waals surface area contributed by atoms with Crippen LogP contribution in [0.5, 0.6) is 0 Å². The zero-order valence-electron chi connectivity index (χ0n) is 5.84. The summed E-state index contributed by atoms with van der Waals surface area (Å²) in [5, 5.41) is 0.403. The van der Waals surface area contributed by atoms with E-state index >= 15 is 0 Å². The van der Waals surface area contributed by atoms with Crippen LogP contribution in [0.25, 0.3) is 0 Å². The highest BCUT2D eigenvalue weighted by Gasteiger charge is 2.09. The second kappa shape index (κ2) is 3.71. The number of pyridine rings is 1. The largest absolute Gasteiger partial charge is 0.290 e. The quantitative estimate of drug-likeness (QED) is 0.311. The maximum atomic E-state index is 11.0. The number of amides is 1. The highest BCUT2D eigenvalue weighted by Crippen LogP contribution is 2.16. The van der Waals surface area contributed by atoms with Crippen LogP contribution in [-0.2, 0) is 0 Å². The van der Waals surface area contributed by atoms with Crippen LogP contribution < -0.4 is 11.3 Å². The second-order valence-electron chi connectivity index (χ2n) is 1.97. The number of hydrogen-bond acceptors (Lipinski definition) is 3. The van der Waals surface area contributed by atoms with E-state index in [1.54, 1.807) is 0 Å². The number of hydrogen-bond donors (Lipinski definition) is 2. The van der Waals surface area contributed by atoms with Crippen LogP contribution in [0.2, 0.25) is 10.2 Å². The summed E-state index contributed by atoms with van der Waals surface area (Å²) < 4.78 is 0. The summed E-state index contributed by atoms with van der Waals surface area (Å²) in [6.45, 7) is 0. The van der Waals surface area contributed by atoms with Gasteiger partial charge in [-0.15, -0.1) is 0 Å². The molecule has 0 aliphatic heterocycles. The number of hydrazine groups is 1. The van der Waals surface area contributed by atoms with E-state index in [-0.39, 0.29) is 10.7 Å². The number of carbonyl (C=O) groups is 1. The first-order chi connectivity index (χ1) is 5.65. The molecule has 0 spiro atoms. The normalized spacial score (nSPS) is 9.58. The second-order valence-corrected chi connectivity index (χ2v) is 2.76. The molecule has 0 saturated heterocycles. The third-order valence-electron chi connectivity index (χ3n) is 1.18. The average molecular weight is 206 g/mol. The van der Waals surface area contributed by atoms with Gasteiger partial charge in [0.25, 0.3) is 5.91 Å². The van der Waals surface area contributed by atoms with Crippen molar-refractivity contribution in [3.63, 3.8) is 0 Å². The number of aromatic nitrogens is 1. The first-order valence-electron chi connectivity index (χ1n) is 2.97. The molecule has 3 N–H and O–H groups in total. The molecule has 64 valence electrons. The van der Waals surface area contributed by atoms with Gasteiger partial charge >= 0.3 is 0 Å². The number of nitrogens with zero attached hydrogens (tertiary/aromatic N) is 1. The predicted molar refractivity (Wildman–Crippen MR) is 45.9 cm³/mol. The molecule has 4 nitrogen and oxygen atoms in total. The number of nitrogens with two attached hydrogens (primary N) is 1. The van der Waals surface area contributed by atoms with Crippen molar-refractivity contribution in [2.75, 3.05) is 0 Å². The van der Waals surface area contributed by atoms with E-state index in [9.17, 15) is 4.79 Å². The first kappa shape index (κ1) is 9.25. The summed E-state index contributed by atoms with van der Waals surface area (Å²) in [6, 6.07) is 1.39. The van der Waals surface area contributed by atoms with Crippen molar-refractivity contribution in [2.45, 2.75) is 0 Å². The van der Waals surface area contributed by atoms with Crippen LogP contribution in [0.1, 0.15) is 10.4 Å². The standard InChI is InChI=1S/C6H5Cl2N3O/c7-3-1-4(6(12)11-9)5(8)10-2-3/h1-2H,9H2,(H,11,12). The molecule has 0 unspecified atom stereocenters. The predicted octanol–water partition coefficient (Wildman–Crippen LogP) is 0.992. The van der Waals surface area contributed by atoms with E-state index in [0.717, 1.165) is 0 Å². The summed E-state index contributed by atoms with van der Waals surface area (Å²) >= 11 is 11.2. The van der Waals surface area contributed by atoms with Gasteiger partial charge in [-0.3, -0.25) is 10.2 Å². The number of nitrogen functional groups attached to an aromatic ring is 1. The Hall–Kier alpha value is -0.840. The molecule has 0 fully saturated rings.